The summed E-state index contributed by atoms with van der Waals surface area (Å²) in [6.45, 7) is 21.7. The zero-order chi connectivity index (χ0) is 23.0. The van der Waals surface area contributed by atoms with Crippen LogP contribution in [0.25, 0.3) is 0 Å². The number of nitrogens with zero attached hydrogens (tertiary/aromatic N) is 1. The van der Waals surface area contributed by atoms with Crippen LogP contribution in [0.15, 0.2) is 24.3 Å². The maximum atomic E-state index is 14.0. The van der Waals surface area contributed by atoms with Crippen LogP contribution in [0.3, 0.4) is 0 Å². The van der Waals surface area contributed by atoms with Gasteiger partial charge in [0, 0.05) is 5.94 Å². The van der Waals surface area contributed by atoms with Crippen molar-refractivity contribution in [2.75, 3.05) is 0 Å². The predicted octanol–water partition coefficient (Wildman–Crippen LogP) is 5.98. The zero-order valence-corrected chi connectivity index (χ0v) is 23.0. The highest BCUT2D eigenvalue weighted by atomic mass is 28.4. The highest BCUT2D eigenvalue weighted by Crippen LogP contribution is 2.65. The van der Waals surface area contributed by atoms with Crippen molar-refractivity contribution in [1.82, 2.24) is 4.23 Å². The van der Waals surface area contributed by atoms with E-state index in [1.807, 2.05) is 12.1 Å². The summed E-state index contributed by atoms with van der Waals surface area (Å²) in [4.78, 5) is 0. The van der Waals surface area contributed by atoms with Crippen molar-refractivity contribution >= 4 is 23.6 Å². The van der Waals surface area contributed by atoms with E-state index in [9.17, 15) is 4.39 Å². The van der Waals surface area contributed by atoms with Gasteiger partial charge in [0.05, 0.1) is 11.7 Å². The van der Waals surface area contributed by atoms with Crippen LogP contribution < -0.4 is 0 Å². The second-order valence-corrected chi connectivity index (χ2v) is 23.0. The molecule has 1 aliphatic heterocycles. The Bertz CT molecular complexity index is 826. The summed E-state index contributed by atoms with van der Waals surface area (Å²) in [6, 6.07) is 7.08. The van der Waals surface area contributed by atoms with Crippen molar-refractivity contribution in [2.24, 2.45) is 17.3 Å². The fraction of sp³-hybridized carbons (Fsp3) is 0.750. The lowest BCUT2D eigenvalue weighted by atomic mass is 9.43. The first kappa shape index (κ1) is 23.7. The largest absolute Gasteiger partial charge is 0.475 e. The Morgan fingerprint density at radius 1 is 1.10 bits per heavy atom. The maximum Gasteiger partial charge on any atom is 0.475 e. The van der Waals surface area contributed by atoms with E-state index in [0.29, 0.717) is 11.3 Å². The molecule has 1 saturated heterocycles. The first-order valence-corrected chi connectivity index (χ1v) is 18.9. The van der Waals surface area contributed by atoms with E-state index in [4.69, 9.17) is 9.31 Å². The van der Waals surface area contributed by atoms with Gasteiger partial charge < -0.3 is 13.5 Å². The summed E-state index contributed by atoms with van der Waals surface area (Å²) in [5.41, 5.74) is 1.15. The van der Waals surface area contributed by atoms with Gasteiger partial charge >= 0.3 is 7.12 Å². The number of hydrogen-bond acceptors (Lipinski definition) is 3. The zero-order valence-electron chi connectivity index (χ0n) is 21.0. The Balaban J connectivity index is 1.70. The minimum Gasteiger partial charge on any atom is -0.404 e. The minimum absolute atomic E-state index is 0.114. The first-order chi connectivity index (χ1) is 14.1. The fourth-order valence-electron chi connectivity index (χ4n) is 7.28. The molecule has 1 aromatic carbocycles. The average Bonchev–Trinajstić information content (AvgIpc) is 2.95. The molecule has 1 heterocycles. The Hall–Kier alpha value is -0.471. The van der Waals surface area contributed by atoms with Gasteiger partial charge in [-0.1, -0.05) is 65.3 Å². The highest BCUT2D eigenvalue weighted by molar-refractivity contribution is 6.90. The van der Waals surface area contributed by atoms with Crippen molar-refractivity contribution in [3.05, 3.63) is 35.6 Å². The van der Waals surface area contributed by atoms with E-state index in [-0.39, 0.29) is 30.6 Å². The van der Waals surface area contributed by atoms with E-state index >= 15 is 0 Å². The van der Waals surface area contributed by atoms with Gasteiger partial charge in [0.1, 0.15) is 22.3 Å². The van der Waals surface area contributed by atoms with Gasteiger partial charge in [-0.2, -0.15) is 0 Å². The molecule has 0 amide bonds. The molecule has 0 spiro atoms. The van der Waals surface area contributed by atoms with Crippen molar-refractivity contribution in [3.8, 4) is 0 Å². The minimum atomic E-state index is -1.69. The van der Waals surface area contributed by atoms with Gasteiger partial charge in [0.15, 0.2) is 0 Å². The van der Waals surface area contributed by atoms with Gasteiger partial charge in [0.2, 0.25) is 0 Å². The van der Waals surface area contributed by atoms with E-state index < -0.39 is 16.5 Å². The maximum absolute atomic E-state index is 14.0. The van der Waals surface area contributed by atoms with Crippen molar-refractivity contribution < 1.29 is 13.7 Å². The molecular weight excluding hydrogens is 420 g/mol. The first-order valence-electron chi connectivity index (χ1n) is 12.0. The Labute approximate surface area is 191 Å². The number of halogens is 1. The molecule has 1 aromatic rings. The highest BCUT2D eigenvalue weighted by Gasteiger charge is 2.69. The molecule has 0 aromatic heterocycles. The predicted molar refractivity (Wildman–Crippen MR) is 133 cm³/mol. The van der Waals surface area contributed by atoms with Crippen LogP contribution in [0.1, 0.15) is 39.2 Å². The van der Waals surface area contributed by atoms with Gasteiger partial charge in [-0.25, -0.2) is 4.39 Å². The van der Waals surface area contributed by atoms with Crippen LogP contribution in [0.2, 0.25) is 39.3 Å². The molecule has 0 unspecified atom stereocenters. The second-order valence-electron chi connectivity index (χ2n) is 13.0. The van der Waals surface area contributed by atoms with Crippen molar-refractivity contribution in [1.29, 1.82) is 0 Å². The van der Waals surface area contributed by atoms with Gasteiger partial charge in [-0.15, -0.1) is 0 Å². The molecule has 0 radical (unpaired) electrons. The average molecular weight is 462 g/mol. The third-order valence-corrected chi connectivity index (χ3v) is 16.0. The summed E-state index contributed by atoms with van der Waals surface area (Å²) in [6.07, 6.45) is 3.30. The van der Waals surface area contributed by atoms with Gasteiger partial charge in [-0.05, 0) is 61.1 Å². The third kappa shape index (κ3) is 4.03. The van der Waals surface area contributed by atoms with Crippen LogP contribution in [0.4, 0.5) is 4.39 Å². The molecule has 3 nitrogen and oxygen atoms in total. The Morgan fingerprint density at radius 2 is 1.74 bits per heavy atom. The lowest BCUT2D eigenvalue weighted by Gasteiger charge is -2.64. The van der Waals surface area contributed by atoms with E-state index in [0.717, 1.165) is 24.3 Å². The van der Waals surface area contributed by atoms with E-state index in [1.54, 1.807) is 6.07 Å². The molecule has 4 aliphatic rings. The standard InChI is InChI=1S/C24H41BFNO2Si2/c1-23(2)18-15-20(23)24(3)21(16-18)28-25(29-24)22(14-17-11-10-12-19(26)13-17)27(30(4,5)6)31(7,8)9/h10-13,18,20-22H,14-16H2,1-9H3/t18-,20-,21+,22+,24-/m0/s1. The Morgan fingerprint density at radius 3 is 2.29 bits per heavy atom. The van der Waals surface area contributed by atoms with E-state index in [2.05, 4.69) is 64.3 Å². The lowest BCUT2D eigenvalue weighted by Crippen LogP contribution is -2.68. The topological polar surface area (TPSA) is 21.7 Å². The van der Waals surface area contributed by atoms with Crippen molar-refractivity contribution in [2.45, 2.75) is 97.0 Å². The second kappa shape index (κ2) is 7.52. The molecule has 5 atom stereocenters. The molecule has 7 heteroatoms. The molecular formula is C24H41BFNO2Si2. The molecule has 31 heavy (non-hydrogen) atoms. The molecule has 172 valence electrons. The summed E-state index contributed by atoms with van der Waals surface area (Å²) in [5, 5.41) is 0. The lowest BCUT2D eigenvalue weighted by molar-refractivity contribution is -0.199. The third-order valence-electron chi connectivity index (χ3n) is 8.39. The fourth-order valence-corrected chi connectivity index (χ4v) is 17.7. The number of hydrogen-bond donors (Lipinski definition) is 0. The summed E-state index contributed by atoms with van der Waals surface area (Å²) < 4.78 is 30.6. The van der Waals surface area contributed by atoms with Crippen LogP contribution in [-0.4, -0.2) is 45.5 Å². The monoisotopic (exact) mass is 461 g/mol. The van der Waals surface area contributed by atoms with Crippen LogP contribution in [0.5, 0.6) is 0 Å². The van der Waals surface area contributed by atoms with Gasteiger partial charge in [-0.3, -0.25) is 0 Å². The van der Waals surface area contributed by atoms with E-state index in [1.165, 1.54) is 12.5 Å². The Kier molecular flexibility index (Phi) is 5.74. The summed E-state index contributed by atoms with van der Waals surface area (Å²) >= 11 is 0. The molecule has 5 rings (SSSR count). The normalized spacial score (nSPS) is 33.3. The van der Waals surface area contributed by atoms with Crippen LogP contribution >= 0.6 is 0 Å². The smallest absolute Gasteiger partial charge is 0.404 e. The molecule has 3 saturated carbocycles. The molecule has 0 N–H and O–H groups in total. The van der Waals surface area contributed by atoms with Crippen molar-refractivity contribution in [3.63, 3.8) is 0 Å². The van der Waals surface area contributed by atoms with Crippen LogP contribution in [-0.2, 0) is 15.7 Å². The number of benzene rings is 1. The van der Waals surface area contributed by atoms with Crippen LogP contribution in [0, 0.1) is 23.1 Å². The summed E-state index contributed by atoms with van der Waals surface area (Å²) in [5.74, 6) is 1.24. The molecule has 3 aliphatic carbocycles. The number of rotatable bonds is 6. The quantitative estimate of drug-likeness (QED) is 0.487. The summed E-state index contributed by atoms with van der Waals surface area (Å²) in [7, 11) is -3.63. The molecule has 2 bridgehead atoms. The molecule has 4 fully saturated rings. The van der Waals surface area contributed by atoms with Gasteiger partial charge in [0.25, 0.3) is 0 Å². The SMILES string of the molecule is CC1(C)[C@@H]2C[C@H]3OB([C@@H](Cc4cccc(F)c4)N([Si](C)(C)C)[Si](C)(C)C)O[C@@]3(C)[C@H]1C2.